The molecule has 1 aromatic rings. The zero-order valence-corrected chi connectivity index (χ0v) is 12.8. The first kappa shape index (κ1) is 16.8. The largest absolute Gasteiger partial charge is 0.491 e. The smallest absolute Gasteiger partial charge is 0.258 e. The summed E-state index contributed by atoms with van der Waals surface area (Å²) in [5, 5.41) is 2.68. The summed E-state index contributed by atoms with van der Waals surface area (Å²) in [6, 6.07) is 5.04. The molecule has 0 unspecified atom stereocenters. The van der Waals surface area contributed by atoms with Crippen LogP contribution >= 0.6 is 0 Å². The molecule has 3 N–H and O–H groups in total. The first-order chi connectivity index (χ1) is 10.0. The Balaban J connectivity index is 2.99. The van der Waals surface area contributed by atoms with Crippen LogP contribution in [0.1, 0.15) is 31.1 Å². The van der Waals surface area contributed by atoms with E-state index >= 15 is 0 Å². The first-order valence-corrected chi connectivity index (χ1v) is 7.12. The van der Waals surface area contributed by atoms with Crippen molar-refractivity contribution in [3.05, 3.63) is 23.8 Å². The van der Waals surface area contributed by atoms with E-state index in [2.05, 4.69) is 5.32 Å². The minimum atomic E-state index is -0.264. The van der Waals surface area contributed by atoms with Crippen molar-refractivity contribution < 1.29 is 14.3 Å². The predicted octanol–water partition coefficient (Wildman–Crippen LogP) is 1.27. The molecule has 0 heterocycles. The average molecular weight is 293 g/mol. The zero-order valence-electron chi connectivity index (χ0n) is 12.8. The lowest BCUT2D eigenvalue weighted by Gasteiger charge is -2.22. The molecular weight excluding hydrogens is 270 g/mol. The third kappa shape index (κ3) is 4.37. The number of nitrogens with one attached hydrogen (secondary N) is 1. The number of carbonyl (C=O) groups is 2. The van der Waals surface area contributed by atoms with Gasteiger partial charge in [0, 0.05) is 13.1 Å². The van der Waals surface area contributed by atoms with Gasteiger partial charge in [-0.1, -0.05) is 6.07 Å². The van der Waals surface area contributed by atoms with Crippen molar-refractivity contribution >= 4 is 17.5 Å². The van der Waals surface area contributed by atoms with Crippen LogP contribution in [0.2, 0.25) is 0 Å². The van der Waals surface area contributed by atoms with Gasteiger partial charge in [-0.05, 0) is 32.9 Å². The Bertz CT molecular complexity index is 503. The number of nitrogens with zero attached hydrogens (tertiary/aromatic N) is 1. The van der Waals surface area contributed by atoms with Crippen molar-refractivity contribution in [1.29, 1.82) is 0 Å². The molecule has 2 amide bonds. The average Bonchev–Trinajstić information content (AvgIpc) is 2.46. The molecule has 21 heavy (non-hydrogen) atoms. The maximum absolute atomic E-state index is 12.6. The van der Waals surface area contributed by atoms with Gasteiger partial charge in [0.15, 0.2) is 5.75 Å². The lowest BCUT2D eigenvalue weighted by atomic mass is 10.1. The third-order valence-corrected chi connectivity index (χ3v) is 2.94. The van der Waals surface area contributed by atoms with Crippen molar-refractivity contribution in [2.45, 2.75) is 20.8 Å². The van der Waals surface area contributed by atoms with Crippen LogP contribution in [0.3, 0.4) is 0 Å². The van der Waals surface area contributed by atoms with Crippen LogP contribution < -0.4 is 15.8 Å². The van der Waals surface area contributed by atoms with Crippen LogP contribution in [0.15, 0.2) is 18.2 Å². The topological polar surface area (TPSA) is 84.7 Å². The van der Waals surface area contributed by atoms with Crippen LogP contribution in [0.4, 0.5) is 5.69 Å². The molecule has 0 aliphatic rings. The van der Waals surface area contributed by atoms with Crippen molar-refractivity contribution in [3.63, 3.8) is 0 Å². The summed E-state index contributed by atoms with van der Waals surface area (Å²) in [6.45, 7) is 6.88. The number of rotatable bonds is 7. The molecule has 1 rings (SSSR count). The number of benzene rings is 1. The van der Waals surface area contributed by atoms with Crippen LogP contribution in [0.25, 0.3) is 0 Å². The van der Waals surface area contributed by atoms with Crippen molar-refractivity contribution in [2.24, 2.45) is 0 Å². The highest BCUT2D eigenvalue weighted by atomic mass is 16.5. The van der Waals surface area contributed by atoms with E-state index in [0.717, 1.165) is 0 Å². The molecule has 0 radical (unpaired) electrons. The minimum Gasteiger partial charge on any atom is -0.491 e. The van der Waals surface area contributed by atoms with Crippen LogP contribution in [-0.2, 0) is 4.79 Å². The molecule has 0 aromatic heterocycles. The van der Waals surface area contributed by atoms with E-state index < -0.39 is 0 Å². The second kappa shape index (κ2) is 8.14. The fraction of sp³-hybridized carbons (Fsp3) is 0.467. The normalized spacial score (nSPS) is 10.0. The quantitative estimate of drug-likeness (QED) is 0.741. The van der Waals surface area contributed by atoms with E-state index in [1.54, 1.807) is 18.2 Å². The highest BCUT2D eigenvalue weighted by molar-refractivity contribution is 6.00. The first-order valence-electron chi connectivity index (χ1n) is 7.12. The number of nitrogens with two attached hydrogens (primary N) is 1. The SMILES string of the molecule is CCNC(=O)CN(CC)C(=O)c1cccc(N)c1OCC. The molecule has 6 nitrogen and oxygen atoms in total. The third-order valence-electron chi connectivity index (χ3n) is 2.94. The van der Waals surface area contributed by atoms with Crippen molar-refractivity contribution in [3.8, 4) is 5.75 Å². The van der Waals surface area contributed by atoms with E-state index in [1.165, 1.54) is 4.90 Å². The van der Waals surface area contributed by atoms with Crippen LogP contribution in [0, 0.1) is 0 Å². The van der Waals surface area contributed by atoms with Crippen LogP contribution in [-0.4, -0.2) is 43.0 Å². The van der Waals surface area contributed by atoms with Gasteiger partial charge in [0.05, 0.1) is 24.4 Å². The van der Waals surface area contributed by atoms with E-state index in [1.807, 2.05) is 20.8 Å². The van der Waals surface area contributed by atoms with Gasteiger partial charge < -0.3 is 20.7 Å². The van der Waals surface area contributed by atoms with E-state index in [-0.39, 0.29) is 18.4 Å². The number of hydrogen-bond donors (Lipinski definition) is 2. The van der Waals surface area contributed by atoms with Gasteiger partial charge in [0.25, 0.3) is 5.91 Å². The van der Waals surface area contributed by atoms with Gasteiger partial charge in [0.2, 0.25) is 5.91 Å². The Morgan fingerprint density at radius 1 is 1.29 bits per heavy atom. The summed E-state index contributed by atoms with van der Waals surface area (Å²) in [7, 11) is 0. The minimum absolute atomic E-state index is 0.0174. The summed E-state index contributed by atoms with van der Waals surface area (Å²) in [4.78, 5) is 25.7. The summed E-state index contributed by atoms with van der Waals surface area (Å²) in [5.74, 6) is -0.0755. The lowest BCUT2D eigenvalue weighted by molar-refractivity contribution is -0.121. The van der Waals surface area contributed by atoms with Gasteiger partial charge in [-0.2, -0.15) is 0 Å². The van der Waals surface area contributed by atoms with Gasteiger partial charge in [-0.3, -0.25) is 9.59 Å². The molecule has 6 heteroatoms. The molecule has 0 atom stereocenters. The predicted molar refractivity (Wildman–Crippen MR) is 82.3 cm³/mol. The number of para-hydroxylation sites is 1. The van der Waals surface area contributed by atoms with Gasteiger partial charge in [-0.15, -0.1) is 0 Å². The number of ether oxygens (including phenoxy) is 1. The lowest BCUT2D eigenvalue weighted by Crippen LogP contribution is -2.40. The number of anilines is 1. The van der Waals surface area contributed by atoms with E-state index in [4.69, 9.17) is 10.5 Å². The number of carbonyl (C=O) groups excluding carboxylic acids is 2. The molecule has 0 saturated heterocycles. The molecule has 0 fully saturated rings. The standard InChI is InChI=1S/C15H23N3O3/c1-4-17-13(19)10-18(5-2)15(20)11-8-7-9-12(16)14(11)21-6-3/h7-9H,4-6,10,16H2,1-3H3,(H,17,19). The maximum Gasteiger partial charge on any atom is 0.258 e. The molecule has 116 valence electrons. The molecule has 1 aromatic carbocycles. The summed E-state index contributed by atoms with van der Waals surface area (Å²) in [5.41, 5.74) is 6.65. The highest BCUT2D eigenvalue weighted by Crippen LogP contribution is 2.27. The van der Waals surface area contributed by atoms with Crippen molar-refractivity contribution in [2.75, 3.05) is 32.0 Å². The number of hydrogen-bond acceptors (Lipinski definition) is 4. The second-order valence-electron chi connectivity index (χ2n) is 4.43. The van der Waals surface area contributed by atoms with Gasteiger partial charge in [-0.25, -0.2) is 0 Å². The van der Waals surface area contributed by atoms with Gasteiger partial charge in [0.1, 0.15) is 0 Å². The highest BCUT2D eigenvalue weighted by Gasteiger charge is 2.21. The summed E-state index contributed by atoms with van der Waals surface area (Å²) in [6.07, 6.45) is 0. The Kier molecular flexibility index (Phi) is 6.52. The maximum atomic E-state index is 12.6. The fourth-order valence-corrected chi connectivity index (χ4v) is 1.95. The Morgan fingerprint density at radius 2 is 2.00 bits per heavy atom. The molecular formula is C15H23N3O3. The monoisotopic (exact) mass is 293 g/mol. The number of amides is 2. The Labute approximate surface area is 125 Å². The van der Waals surface area contributed by atoms with Crippen LogP contribution in [0.5, 0.6) is 5.75 Å². The summed E-state index contributed by atoms with van der Waals surface area (Å²) >= 11 is 0. The fourth-order valence-electron chi connectivity index (χ4n) is 1.95. The molecule has 0 bridgehead atoms. The summed E-state index contributed by atoms with van der Waals surface area (Å²) < 4.78 is 5.46. The van der Waals surface area contributed by atoms with Crippen molar-refractivity contribution in [1.82, 2.24) is 10.2 Å². The molecule has 0 aliphatic carbocycles. The van der Waals surface area contributed by atoms with E-state index in [0.29, 0.717) is 36.7 Å². The van der Waals surface area contributed by atoms with E-state index in [9.17, 15) is 9.59 Å². The Morgan fingerprint density at radius 3 is 2.57 bits per heavy atom. The Hall–Kier alpha value is -2.24. The molecule has 0 saturated carbocycles. The molecule has 0 aliphatic heterocycles. The number of likely N-dealkylation sites (N-methyl/N-ethyl adjacent to an activating group) is 2. The second-order valence-corrected chi connectivity index (χ2v) is 4.43. The zero-order chi connectivity index (χ0) is 15.8. The number of nitrogen functional groups attached to an aromatic ring is 1. The van der Waals surface area contributed by atoms with Gasteiger partial charge >= 0.3 is 0 Å². The molecule has 0 spiro atoms.